The summed E-state index contributed by atoms with van der Waals surface area (Å²) in [6.07, 6.45) is 1.08. The Balaban J connectivity index is 2.07. The zero-order valence-electron chi connectivity index (χ0n) is 8.47. The monoisotopic (exact) mass is 245 g/mol. The summed E-state index contributed by atoms with van der Waals surface area (Å²) in [7, 11) is 0. The molecule has 0 saturated carbocycles. The van der Waals surface area contributed by atoms with Crippen molar-refractivity contribution in [3.8, 4) is 0 Å². The van der Waals surface area contributed by atoms with Gasteiger partial charge in [0.05, 0.1) is 10.7 Å². The lowest BCUT2D eigenvalue weighted by atomic mass is 10.2. The highest BCUT2D eigenvalue weighted by atomic mass is 35.5. The fourth-order valence-electron chi connectivity index (χ4n) is 1.75. The second-order valence-electron chi connectivity index (χ2n) is 3.82. The molecule has 82 valence electrons. The van der Waals surface area contributed by atoms with Gasteiger partial charge in [-0.2, -0.15) is 11.8 Å². The fraction of sp³-hybridized carbons (Fsp3) is 0.455. The minimum Gasteiger partial charge on any atom is -0.379 e. The first-order valence-corrected chi connectivity index (χ1v) is 6.41. The first-order valence-electron chi connectivity index (χ1n) is 4.99. The summed E-state index contributed by atoms with van der Waals surface area (Å²) >= 11 is 7.62. The summed E-state index contributed by atoms with van der Waals surface area (Å²) < 4.78 is 13.6. The third-order valence-electron chi connectivity index (χ3n) is 2.51. The Hall–Kier alpha value is -0.410. The first-order chi connectivity index (χ1) is 7.16. The smallest absolute Gasteiger partial charge is 0.164 e. The zero-order valence-corrected chi connectivity index (χ0v) is 10.0. The predicted octanol–water partition coefficient (Wildman–Crippen LogP) is 3.79. The van der Waals surface area contributed by atoms with Crippen molar-refractivity contribution in [2.24, 2.45) is 0 Å². The van der Waals surface area contributed by atoms with Gasteiger partial charge in [0.1, 0.15) is 0 Å². The normalized spacial score (nSPS) is 25.5. The number of anilines is 1. The highest BCUT2D eigenvalue weighted by Crippen LogP contribution is 2.30. The predicted molar refractivity (Wildman–Crippen MR) is 65.4 cm³/mol. The average molecular weight is 246 g/mol. The molecule has 0 bridgehead atoms. The molecule has 2 atom stereocenters. The molecule has 4 heteroatoms. The van der Waals surface area contributed by atoms with Crippen LogP contribution in [0, 0.1) is 5.82 Å². The lowest BCUT2D eigenvalue weighted by Gasteiger charge is -2.14. The van der Waals surface area contributed by atoms with E-state index in [1.54, 1.807) is 18.2 Å². The summed E-state index contributed by atoms with van der Waals surface area (Å²) in [5.41, 5.74) is 0.516. The minimum absolute atomic E-state index is 0.179. The molecule has 1 aromatic carbocycles. The minimum atomic E-state index is -0.344. The molecule has 1 aromatic rings. The molecule has 0 aliphatic carbocycles. The summed E-state index contributed by atoms with van der Waals surface area (Å²) in [4.78, 5) is 0. The number of hydrogen-bond acceptors (Lipinski definition) is 2. The van der Waals surface area contributed by atoms with Crippen molar-refractivity contribution in [1.29, 1.82) is 0 Å². The van der Waals surface area contributed by atoms with E-state index in [9.17, 15) is 4.39 Å². The molecular formula is C11H13ClFNS. The number of thioether (sulfide) groups is 1. The van der Waals surface area contributed by atoms with Crippen LogP contribution in [0.2, 0.25) is 5.02 Å². The molecule has 2 rings (SSSR count). The number of rotatable bonds is 2. The molecule has 1 nitrogen and oxygen atoms in total. The van der Waals surface area contributed by atoms with Crippen molar-refractivity contribution in [2.45, 2.75) is 24.6 Å². The molecule has 1 heterocycles. The topological polar surface area (TPSA) is 12.0 Å². The van der Waals surface area contributed by atoms with Crippen LogP contribution >= 0.6 is 23.4 Å². The maximum Gasteiger partial charge on any atom is 0.164 e. The van der Waals surface area contributed by atoms with Crippen molar-refractivity contribution in [1.82, 2.24) is 0 Å². The van der Waals surface area contributed by atoms with Gasteiger partial charge in [0.25, 0.3) is 0 Å². The van der Waals surface area contributed by atoms with E-state index in [1.807, 2.05) is 11.8 Å². The van der Waals surface area contributed by atoms with Crippen LogP contribution < -0.4 is 5.32 Å². The summed E-state index contributed by atoms with van der Waals surface area (Å²) in [6, 6.07) is 5.42. The average Bonchev–Trinajstić information content (AvgIpc) is 2.59. The van der Waals surface area contributed by atoms with Crippen LogP contribution in [0.5, 0.6) is 0 Å². The van der Waals surface area contributed by atoms with Gasteiger partial charge in [-0.3, -0.25) is 0 Å². The van der Waals surface area contributed by atoms with E-state index < -0.39 is 0 Å². The Morgan fingerprint density at radius 2 is 2.33 bits per heavy atom. The van der Waals surface area contributed by atoms with Gasteiger partial charge in [0.15, 0.2) is 5.82 Å². The summed E-state index contributed by atoms with van der Waals surface area (Å²) in [6.45, 7) is 2.20. The molecule has 0 amide bonds. The van der Waals surface area contributed by atoms with Crippen molar-refractivity contribution in [2.75, 3.05) is 11.1 Å². The molecule has 0 aromatic heterocycles. The van der Waals surface area contributed by atoms with Gasteiger partial charge in [0.2, 0.25) is 0 Å². The standard InChI is InChI=1S/C11H13ClFNS/c1-7-5-8(6-15-7)14-10-4-2-3-9(12)11(10)13/h2-4,7-8,14H,5-6H2,1H3. The Bertz CT molecular complexity index is 358. The molecule has 1 fully saturated rings. The van der Waals surface area contributed by atoms with Crippen LogP contribution in [0.3, 0.4) is 0 Å². The maximum atomic E-state index is 13.6. The van der Waals surface area contributed by atoms with Gasteiger partial charge in [-0.05, 0) is 18.6 Å². The lowest BCUT2D eigenvalue weighted by molar-refractivity contribution is 0.625. The number of nitrogens with one attached hydrogen (secondary N) is 1. The molecule has 1 aliphatic heterocycles. The number of hydrogen-bond donors (Lipinski definition) is 1. The van der Waals surface area contributed by atoms with E-state index in [1.165, 1.54) is 0 Å². The fourth-order valence-corrected chi connectivity index (χ4v) is 3.08. The summed E-state index contributed by atoms with van der Waals surface area (Å²) in [5.74, 6) is 0.691. The van der Waals surface area contributed by atoms with Crippen LogP contribution in [0.4, 0.5) is 10.1 Å². The molecule has 0 radical (unpaired) electrons. The highest BCUT2D eigenvalue weighted by Gasteiger charge is 2.22. The van der Waals surface area contributed by atoms with Crippen molar-refractivity contribution in [3.05, 3.63) is 29.0 Å². The largest absolute Gasteiger partial charge is 0.379 e. The zero-order chi connectivity index (χ0) is 10.8. The second-order valence-corrected chi connectivity index (χ2v) is 5.70. The molecule has 15 heavy (non-hydrogen) atoms. The van der Waals surface area contributed by atoms with Crippen LogP contribution in [0.1, 0.15) is 13.3 Å². The van der Waals surface area contributed by atoms with Crippen molar-refractivity contribution in [3.63, 3.8) is 0 Å². The SMILES string of the molecule is CC1CC(Nc2cccc(Cl)c2F)CS1. The first kappa shape index (κ1) is 11.1. The molecule has 1 N–H and O–H groups in total. The van der Waals surface area contributed by atoms with E-state index in [4.69, 9.17) is 11.6 Å². The number of benzene rings is 1. The lowest BCUT2D eigenvalue weighted by Crippen LogP contribution is -2.19. The second kappa shape index (κ2) is 4.62. The van der Waals surface area contributed by atoms with Gasteiger partial charge in [0, 0.05) is 17.0 Å². The Kier molecular flexibility index (Phi) is 3.42. The van der Waals surface area contributed by atoms with E-state index in [2.05, 4.69) is 12.2 Å². The van der Waals surface area contributed by atoms with Crippen LogP contribution in [0.15, 0.2) is 18.2 Å². The van der Waals surface area contributed by atoms with Crippen molar-refractivity contribution < 1.29 is 4.39 Å². The van der Waals surface area contributed by atoms with Crippen LogP contribution in [-0.4, -0.2) is 17.0 Å². The van der Waals surface area contributed by atoms with Gasteiger partial charge in [-0.15, -0.1) is 0 Å². The third kappa shape index (κ3) is 2.58. The molecular weight excluding hydrogens is 233 g/mol. The van der Waals surface area contributed by atoms with E-state index in [-0.39, 0.29) is 10.8 Å². The van der Waals surface area contributed by atoms with Gasteiger partial charge in [-0.25, -0.2) is 4.39 Å². The molecule has 0 spiro atoms. The van der Waals surface area contributed by atoms with Crippen molar-refractivity contribution >= 4 is 29.1 Å². The van der Waals surface area contributed by atoms with Crippen LogP contribution in [-0.2, 0) is 0 Å². The summed E-state index contributed by atoms with van der Waals surface area (Å²) in [5, 5.41) is 4.04. The Morgan fingerprint density at radius 1 is 1.53 bits per heavy atom. The third-order valence-corrected chi connectivity index (χ3v) is 4.16. The van der Waals surface area contributed by atoms with Crippen LogP contribution in [0.25, 0.3) is 0 Å². The molecule has 1 aliphatic rings. The Morgan fingerprint density at radius 3 is 3.00 bits per heavy atom. The van der Waals surface area contributed by atoms with Gasteiger partial charge >= 0.3 is 0 Å². The molecule has 1 saturated heterocycles. The molecule has 2 unspecified atom stereocenters. The van der Waals surface area contributed by atoms with E-state index in [0.29, 0.717) is 17.0 Å². The van der Waals surface area contributed by atoms with Gasteiger partial charge < -0.3 is 5.32 Å². The van der Waals surface area contributed by atoms with E-state index >= 15 is 0 Å². The maximum absolute atomic E-state index is 13.6. The van der Waals surface area contributed by atoms with E-state index in [0.717, 1.165) is 12.2 Å². The Labute approximate surface area is 98.4 Å². The number of halogens is 2. The quantitative estimate of drug-likeness (QED) is 0.851. The highest BCUT2D eigenvalue weighted by molar-refractivity contribution is 8.00. The van der Waals surface area contributed by atoms with Gasteiger partial charge in [-0.1, -0.05) is 24.6 Å².